The Kier molecular flexibility index (Phi) is 3.25. The molecule has 0 unspecified atom stereocenters. The number of anilines is 1. The van der Waals surface area contributed by atoms with Crippen molar-refractivity contribution in [2.24, 2.45) is 0 Å². The smallest absolute Gasteiger partial charge is 0.222 e. The van der Waals surface area contributed by atoms with Gasteiger partial charge in [0.2, 0.25) is 5.88 Å². The van der Waals surface area contributed by atoms with E-state index in [9.17, 15) is 0 Å². The molecule has 0 radical (unpaired) electrons. The molecule has 3 aromatic rings. The molecule has 0 bridgehead atoms. The second-order valence-electron chi connectivity index (χ2n) is 5.40. The minimum absolute atomic E-state index is 0.321. The lowest BCUT2D eigenvalue weighted by Gasteiger charge is -2.15. The number of nitrogen functional groups attached to an aromatic ring is 1. The highest BCUT2D eigenvalue weighted by atomic mass is 16.5. The highest BCUT2D eigenvalue weighted by molar-refractivity contribution is 5.55. The van der Waals surface area contributed by atoms with E-state index in [0.717, 1.165) is 28.2 Å². The summed E-state index contributed by atoms with van der Waals surface area (Å²) in [6.07, 6.45) is 3.54. The van der Waals surface area contributed by atoms with E-state index >= 15 is 0 Å². The lowest BCUT2D eigenvalue weighted by Crippen LogP contribution is -2.00. The van der Waals surface area contributed by atoms with Gasteiger partial charge in [-0.1, -0.05) is 13.8 Å². The van der Waals surface area contributed by atoms with E-state index in [-0.39, 0.29) is 0 Å². The average molecular weight is 282 g/mol. The fourth-order valence-electron chi connectivity index (χ4n) is 2.22. The maximum Gasteiger partial charge on any atom is 0.222 e. The molecule has 1 aromatic carbocycles. The Bertz CT molecular complexity index is 792. The third-order valence-electron chi connectivity index (χ3n) is 3.47. The van der Waals surface area contributed by atoms with Crippen molar-refractivity contribution in [3.05, 3.63) is 47.8 Å². The van der Waals surface area contributed by atoms with Gasteiger partial charge < -0.3 is 10.5 Å². The molecule has 0 fully saturated rings. The van der Waals surface area contributed by atoms with Gasteiger partial charge in [-0.3, -0.25) is 0 Å². The SMILES string of the molecule is Cc1cc(Oc2ccn3nccc3n2)c(C(C)C)cc1N. The minimum atomic E-state index is 0.321. The van der Waals surface area contributed by atoms with Crippen molar-refractivity contribution >= 4 is 11.3 Å². The largest absolute Gasteiger partial charge is 0.439 e. The Hall–Kier alpha value is -2.56. The number of aromatic nitrogens is 3. The summed E-state index contributed by atoms with van der Waals surface area (Å²) in [7, 11) is 0. The molecule has 0 saturated carbocycles. The number of benzene rings is 1. The Morgan fingerprint density at radius 3 is 2.81 bits per heavy atom. The van der Waals surface area contributed by atoms with Crippen molar-refractivity contribution in [3.63, 3.8) is 0 Å². The predicted molar refractivity (Wildman–Crippen MR) is 82.7 cm³/mol. The average Bonchev–Trinajstić information content (AvgIpc) is 2.89. The fraction of sp³-hybridized carbons (Fsp3) is 0.250. The van der Waals surface area contributed by atoms with Gasteiger partial charge in [0, 0.05) is 24.0 Å². The molecule has 0 amide bonds. The first-order valence-electron chi connectivity index (χ1n) is 6.93. The van der Waals surface area contributed by atoms with E-state index in [1.54, 1.807) is 16.8 Å². The summed E-state index contributed by atoms with van der Waals surface area (Å²) in [6.45, 7) is 6.20. The molecule has 2 N–H and O–H groups in total. The molecule has 0 atom stereocenters. The van der Waals surface area contributed by atoms with Crippen LogP contribution in [0, 0.1) is 6.92 Å². The first kappa shape index (κ1) is 13.4. The van der Waals surface area contributed by atoms with Crippen LogP contribution in [0.4, 0.5) is 5.69 Å². The molecule has 108 valence electrons. The summed E-state index contributed by atoms with van der Waals surface area (Å²) < 4.78 is 7.68. The van der Waals surface area contributed by atoms with Crippen LogP contribution in [0.1, 0.15) is 30.9 Å². The van der Waals surface area contributed by atoms with E-state index in [1.807, 2.05) is 31.3 Å². The van der Waals surface area contributed by atoms with Crippen LogP contribution in [0.5, 0.6) is 11.6 Å². The highest BCUT2D eigenvalue weighted by Gasteiger charge is 2.12. The summed E-state index contributed by atoms with van der Waals surface area (Å²) in [5.74, 6) is 1.67. The molecule has 3 rings (SSSR count). The zero-order valence-electron chi connectivity index (χ0n) is 12.4. The molecule has 0 saturated heterocycles. The fourth-order valence-corrected chi connectivity index (χ4v) is 2.22. The van der Waals surface area contributed by atoms with E-state index in [0.29, 0.717) is 11.8 Å². The molecular weight excluding hydrogens is 264 g/mol. The van der Waals surface area contributed by atoms with Crippen LogP contribution in [0.15, 0.2) is 36.7 Å². The number of nitrogens with zero attached hydrogens (tertiary/aromatic N) is 3. The van der Waals surface area contributed by atoms with Crippen molar-refractivity contribution < 1.29 is 4.74 Å². The lowest BCUT2D eigenvalue weighted by atomic mass is 9.99. The Morgan fingerprint density at radius 2 is 2.05 bits per heavy atom. The van der Waals surface area contributed by atoms with Crippen LogP contribution in [0.25, 0.3) is 5.65 Å². The summed E-state index contributed by atoms with van der Waals surface area (Å²) in [4.78, 5) is 4.43. The molecule has 21 heavy (non-hydrogen) atoms. The zero-order valence-corrected chi connectivity index (χ0v) is 12.4. The van der Waals surface area contributed by atoms with Gasteiger partial charge in [-0.05, 0) is 36.1 Å². The standard InChI is InChI=1S/C16H18N4O/c1-10(2)12-9-13(17)11(3)8-14(12)21-16-5-7-20-15(19-16)4-6-18-20/h4-10H,17H2,1-3H3. The van der Waals surface area contributed by atoms with Crippen molar-refractivity contribution in [2.75, 3.05) is 5.73 Å². The van der Waals surface area contributed by atoms with Gasteiger partial charge in [0.1, 0.15) is 5.75 Å². The van der Waals surface area contributed by atoms with E-state index < -0.39 is 0 Å². The number of aryl methyl sites for hydroxylation is 1. The van der Waals surface area contributed by atoms with Crippen LogP contribution in [-0.4, -0.2) is 14.6 Å². The molecular formula is C16H18N4O. The van der Waals surface area contributed by atoms with Gasteiger partial charge in [0.25, 0.3) is 0 Å². The first-order chi connectivity index (χ1) is 10.0. The predicted octanol–water partition coefficient (Wildman–Crippen LogP) is 3.54. The normalized spacial score (nSPS) is 11.2. The monoisotopic (exact) mass is 282 g/mol. The van der Waals surface area contributed by atoms with Crippen molar-refractivity contribution in [3.8, 4) is 11.6 Å². The van der Waals surface area contributed by atoms with Crippen molar-refractivity contribution in [1.29, 1.82) is 0 Å². The van der Waals surface area contributed by atoms with E-state index in [1.165, 1.54) is 0 Å². The van der Waals surface area contributed by atoms with E-state index in [2.05, 4.69) is 23.9 Å². The molecule has 0 aliphatic heterocycles. The van der Waals surface area contributed by atoms with Crippen molar-refractivity contribution in [2.45, 2.75) is 26.7 Å². The third-order valence-corrected chi connectivity index (χ3v) is 3.47. The highest BCUT2D eigenvalue weighted by Crippen LogP contribution is 2.33. The Labute approximate surface area is 123 Å². The van der Waals surface area contributed by atoms with Crippen LogP contribution in [-0.2, 0) is 0 Å². The summed E-state index contributed by atoms with van der Waals surface area (Å²) in [6, 6.07) is 7.58. The van der Waals surface area contributed by atoms with Gasteiger partial charge in [0.05, 0.1) is 6.20 Å². The van der Waals surface area contributed by atoms with Crippen LogP contribution in [0.3, 0.4) is 0 Å². The maximum absolute atomic E-state index is 6.00. The summed E-state index contributed by atoms with van der Waals surface area (Å²) in [5, 5.41) is 4.12. The van der Waals surface area contributed by atoms with E-state index in [4.69, 9.17) is 10.5 Å². The van der Waals surface area contributed by atoms with Crippen LogP contribution < -0.4 is 10.5 Å². The van der Waals surface area contributed by atoms with Gasteiger partial charge in [-0.2, -0.15) is 10.1 Å². The topological polar surface area (TPSA) is 65.4 Å². The molecule has 0 spiro atoms. The second-order valence-corrected chi connectivity index (χ2v) is 5.40. The molecule has 5 heteroatoms. The molecule has 2 heterocycles. The van der Waals surface area contributed by atoms with Gasteiger partial charge in [-0.15, -0.1) is 0 Å². The molecule has 0 aliphatic carbocycles. The molecule has 5 nitrogen and oxygen atoms in total. The molecule has 2 aromatic heterocycles. The summed E-state index contributed by atoms with van der Waals surface area (Å²) >= 11 is 0. The quantitative estimate of drug-likeness (QED) is 0.746. The number of fused-ring (bicyclic) bond motifs is 1. The number of nitrogens with two attached hydrogens (primary N) is 1. The van der Waals surface area contributed by atoms with Crippen LogP contribution >= 0.6 is 0 Å². The zero-order chi connectivity index (χ0) is 15.0. The third kappa shape index (κ3) is 2.54. The van der Waals surface area contributed by atoms with Gasteiger partial charge in [-0.25, -0.2) is 4.52 Å². The van der Waals surface area contributed by atoms with Gasteiger partial charge >= 0.3 is 0 Å². The second kappa shape index (κ2) is 5.09. The summed E-state index contributed by atoms with van der Waals surface area (Å²) in [5.41, 5.74) is 9.61. The van der Waals surface area contributed by atoms with Crippen LogP contribution in [0.2, 0.25) is 0 Å². The minimum Gasteiger partial charge on any atom is -0.439 e. The Morgan fingerprint density at radius 1 is 1.24 bits per heavy atom. The number of hydrogen-bond donors (Lipinski definition) is 1. The first-order valence-corrected chi connectivity index (χ1v) is 6.93. The number of hydrogen-bond acceptors (Lipinski definition) is 4. The lowest BCUT2D eigenvalue weighted by molar-refractivity contribution is 0.454. The maximum atomic E-state index is 6.00. The number of ether oxygens (including phenoxy) is 1. The van der Waals surface area contributed by atoms with Crippen molar-refractivity contribution in [1.82, 2.24) is 14.6 Å². The van der Waals surface area contributed by atoms with Gasteiger partial charge in [0.15, 0.2) is 5.65 Å². The Balaban J connectivity index is 2.01. The molecule has 0 aliphatic rings. The number of rotatable bonds is 3.